The standard InChI is InChI=1S/C22H52OP2Si2.CNO.Ni/c1-19(2,3)24(20(4,5)6)17-26(13,14)23-27(15,16)18-25(21(7,8)9)22(10,11)12;2-1-3;/h17-18H2,1-16H3;;/q;-1;/p+2. The van der Waals surface area contributed by atoms with Gasteiger partial charge >= 0.3 is 0 Å². The van der Waals surface area contributed by atoms with E-state index in [1.807, 2.05) is 0 Å². The smallest absolute Gasteiger partial charge is 0.212 e. The molecule has 0 atom stereocenters. The first-order valence-electron chi connectivity index (χ1n) is 11.3. The predicted octanol–water partition coefficient (Wildman–Crippen LogP) is 8.00. The van der Waals surface area contributed by atoms with Gasteiger partial charge < -0.3 is 9.52 Å². The summed E-state index contributed by atoms with van der Waals surface area (Å²) in [4.78, 5) is 8.24. The van der Waals surface area contributed by atoms with Crippen molar-refractivity contribution >= 4 is 38.6 Å². The van der Waals surface area contributed by atoms with Gasteiger partial charge in [0.1, 0.15) is 0 Å². The van der Waals surface area contributed by atoms with Crippen molar-refractivity contribution in [2.24, 2.45) is 0 Å². The van der Waals surface area contributed by atoms with Crippen LogP contribution in [-0.2, 0) is 25.4 Å². The minimum absolute atomic E-state index is 0. The average Bonchev–Trinajstić information content (AvgIpc) is 2.37. The summed E-state index contributed by atoms with van der Waals surface area (Å²) in [5, 5.41) is 8.46. The molecule has 0 N–H and O–H groups in total. The average molecular weight is 554 g/mol. The number of hydrogen-bond acceptors (Lipinski definition) is 2. The SMILES string of the molecule is CC(C)(C)[PH+](C[Si](C)(C)O[Si](C)(C)C[PH+](C(C)(C)C)C(C)(C)C)C(C)(C)C.[N-]=C=O.[Ni]. The minimum Gasteiger partial charge on any atom is -0.724 e. The van der Waals surface area contributed by atoms with Crippen LogP contribution in [0.4, 0.5) is 0 Å². The molecule has 0 fully saturated rings. The monoisotopic (exact) mass is 552 g/mol. The number of rotatable bonds is 6. The Hall–Kier alpha value is 1.13. The van der Waals surface area contributed by atoms with Gasteiger partial charge in [-0.1, -0.05) is 0 Å². The van der Waals surface area contributed by atoms with Gasteiger partial charge in [0.2, 0.25) is 16.6 Å². The van der Waals surface area contributed by atoms with E-state index in [4.69, 9.17) is 14.3 Å². The molecule has 0 aromatic rings. The van der Waals surface area contributed by atoms with Crippen LogP contribution in [0.3, 0.4) is 0 Å². The number of hydrogen-bond donors (Lipinski definition) is 0. The molecule has 3 nitrogen and oxygen atoms in total. The van der Waals surface area contributed by atoms with Gasteiger partial charge in [-0.3, -0.25) is 4.79 Å². The van der Waals surface area contributed by atoms with E-state index in [1.165, 1.54) is 11.6 Å². The molecular weight excluding hydrogens is 499 g/mol. The van der Waals surface area contributed by atoms with E-state index in [0.29, 0.717) is 26.7 Å². The molecule has 0 aliphatic heterocycles. The molecule has 190 valence electrons. The molecular formula is C23H54NNiO2P2Si2+. The van der Waals surface area contributed by atoms with Crippen molar-refractivity contribution in [3.63, 3.8) is 0 Å². The number of nitrogens with zero attached hydrogens (tertiary/aromatic N) is 1. The molecule has 0 unspecified atom stereocenters. The first-order valence-corrected chi connectivity index (χ1v) is 20.9. The van der Waals surface area contributed by atoms with E-state index in [2.05, 4.69) is 109 Å². The Kier molecular flexibility index (Phi) is 15.1. The van der Waals surface area contributed by atoms with Crippen molar-refractivity contribution in [1.82, 2.24) is 0 Å². The number of carbonyl (C=O) groups excluding carboxylic acids is 1. The van der Waals surface area contributed by atoms with E-state index < -0.39 is 32.5 Å². The van der Waals surface area contributed by atoms with Crippen molar-refractivity contribution in [1.29, 1.82) is 0 Å². The zero-order valence-corrected chi connectivity index (χ0v) is 28.5. The van der Waals surface area contributed by atoms with Gasteiger partial charge in [-0.25, -0.2) is 0 Å². The zero-order valence-electron chi connectivity index (χ0n) is 23.5. The first-order chi connectivity index (χ1) is 12.8. The minimum atomic E-state index is -1.68. The van der Waals surface area contributed by atoms with Crippen LogP contribution in [0.5, 0.6) is 0 Å². The molecule has 0 aromatic carbocycles. The Morgan fingerprint density at radius 1 is 0.645 bits per heavy atom. The van der Waals surface area contributed by atoms with E-state index in [1.54, 1.807) is 0 Å². The summed E-state index contributed by atoms with van der Waals surface area (Å²) < 4.78 is 7.20. The summed E-state index contributed by atoms with van der Waals surface area (Å²) in [6.07, 6.45) is 0.500. The summed E-state index contributed by atoms with van der Waals surface area (Å²) in [6.45, 7) is 39.5. The summed E-state index contributed by atoms with van der Waals surface area (Å²) in [6, 6.07) is 0. The molecule has 0 aromatic heterocycles. The van der Waals surface area contributed by atoms with Crippen LogP contribution in [-0.4, -0.2) is 54.9 Å². The van der Waals surface area contributed by atoms with Crippen LogP contribution >= 0.6 is 15.8 Å². The fourth-order valence-electron chi connectivity index (χ4n) is 4.98. The van der Waals surface area contributed by atoms with Crippen LogP contribution < -0.4 is 0 Å². The van der Waals surface area contributed by atoms with Crippen molar-refractivity contribution < 1.29 is 25.4 Å². The van der Waals surface area contributed by atoms with Crippen molar-refractivity contribution in [2.75, 3.05) is 11.6 Å². The van der Waals surface area contributed by atoms with Crippen LogP contribution in [0.15, 0.2) is 0 Å². The van der Waals surface area contributed by atoms with Gasteiger partial charge in [0.15, 0.2) is 0 Å². The van der Waals surface area contributed by atoms with Crippen LogP contribution in [0.2, 0.25) is 26.2 Å². The third-order valence-corrected chi connectivity index (χ3v) is 26.7. The molecule has 0 heterocycles. The first kappa shape index (κ1) is 36.7. The normalized spacial score (nSPS) is 14.0. The quantitative estimate of drug-likeness (QED) is 0.145. The largest absolute Gasteiger partial charge is 0.724 e. The maximum Gasteiger partial charge on any atom is 0.212 e. The number of isocyanates is 1. The Morgan fingerprint density at radius 2 is 0.806 bits per heavy atom. The van der Waals surface area contributed by atoms with Crippen molar-refractivity contribution in [3.8, 4) is 0 Å². The molecule has 0 radical (unpaired) electrons. The fraction of sp³-hybridized carbons (Fsp3) is 0.957. The van der Waals surface area contributed by atoms with Gasteiger partial charge in [0, 0.05) is 32.3 Å². The van der Waals surface area contributed by atoms with Crippen LogP contribution in [0, 0.1) is 0 Å². The van der Waals surface area contributed by atoms with E-state index in [0.717, 1.165) is 0 Å². The van der Waals surface area contributed by atoms with E-state index >= 15 is 0 Å². The molecule has 0 spiro atoms. The third-order valence-electron chi connectivity index (χ3n) is 5.38. The van der Waals surface area contributed by atoms with Crippen LogP contribution in [0.25, 0.3) is 5.41 Å². The molecule has 0 bridgehead atoms. The van der Waals surface area contributed by atoms with Gasteiger partial charge in [-0.2, -0.15) is 0 Å². The second-order valence-corrected chi connectivity index (χ2v) is 32.6. The molecule has 0 aliphatic carbocycles. The molecule has 0 rings (SSSR count). The van der Waals surface area contributed by atoms with E-state index in [-0.39, 0.29) is 16.5 Å². The third kappa shape index (κ3) is 15.6. The Morgan fingerprint density at radius 3 is 0.935 bits per heavy atom. The Bertz CT molecular complexity index is 494. The fourth-order valence-corrected chi connectivity index (χ4v) is 32.6. The van der Waals surface area contributed by atoms with Crippen molar-refractivity contribution in [3.05, 3.63) is 5.41 Å². The summed E-state index contributed by atoms with van der Waals surface area (Å²) in [5.74, 6) is 2.74. The van der Waals surface area contributed by atoms with Gasteiger partial charge in [0.05, 0.1) is 32.2 Å². The van der Waals surface area contributed by atoms with Gasteiger partial charge in [-0.05, 0) is 115 Å². The summed E-state index contributed by atoms with van der Waals surface area (Å²) >= 11 is 0. The molecule has 31 heavy (non-hydrogen) atoms. The second-order valence-electron chi connectivity index (χ2n) is 14.0. The molecule has 0 saturated carbocycles. The summed E-state index contributed by atoms with van der Waals surface area (Å²) in [5.41, 5.74) is 0. The maximum absolute atomic E-state index is 8.24. The Labute approximate surface area is 210 Å². The van der Waals surface area contributed by atoms with Crippen LogP contribution in [0.1, 0.15) is 83.1 Å². The van der Waals surface area contributed by atoms with Crippen molar-refractivity contribution in [2.45, 2.75) is 130 Å². The molecule has 0 saturated heterocycles. The second kappa shape index (κ2) is 12.7. The molecule has 0 aliphatic rings. The van der Waals surface area contributed by atoms with Gasteiger partial charge in [0.25, 0.3) is 0 Å². The Balaban J connectivity index is -0.00000184. The zero-order chi connectivity index (χ0) is 25.0. The van der Waals surface area contributed by atoms with E-state index in [9.17, 15) is 0 Å². The van der Waals surface area contributed by atoms with Gasteiger partial charge in [-0.15, -0.1) is 0 Å². The molecule has 0 amide bonds. The maximum atomic E-state index is 8.24. The topological polar surface area (TPSA) is 48.6 Å². The summed E-state index contributed by atoms with van der Waals surface area (Å²) in [7, 11) is -4.41. The predicted molar refractivity (Wildman–Crippen MR) is 150 cm³/mol. The molecule has 8 heteroatoms.